The minimum absolute atomic E-state index is 0.635. The molecule has 0 aliphatic rings. The van der Waals surface area contributed by atoms with Crippen LogP contribution >= 0.6 is 0 Å². The molecular formula is C55H34N4O. The molecule has 0 saturated carbocycles. The topological polar surface area (TPSA) is 56.7 Å². The summed E-state index contributed by atoms with van der Waals surface area (Å²) >= 11 is 0. The first-order chi connectivity index (χ1) is 29.7. The number of hydrogen-bond acceptors (Lipinski definition) is 4. The zero-order valence-electron chi connectivity index (χ0n) is 32.3. The van der Waals surface area contributed by atoms with Crippen molar-refractivity contribution in [3.05, 3.63) is 207 Å². The lowest BCUT2D eigenvalue weighted by Gasteiger charge is -2.14. The van der Waals surface area contributed by atoms with E-state index in [9.17, 15) is 0 Å². The van der Waals surface area contributed by atoms with E-state index in [1.807, 2.05) is 36.4 Å². The zero-order valence-corrected chi connectivity index (χ0v) is 32.3. The fraction of sp³-hybridized carbons (Fsp3) is 0. The number of benzene rings is 8. The zero-order chi connectivity index (χ0) is 39.6. The molecule has 12 aromatic rings. The van der Waals surface area contributed by atoms with Gasteiger partial charge in [0.05, 0.1) is 28.6 Å². The summed E-state index contributed by atoms with van der Waals surface area (Å²) in [6.07, 6.45) is 3.56. The number of pyridine rings is 1. The lowest BCUT2D eigenvalue weighted by molar-refractivity contribution is 0.667. The molecule has 280 valence electrons. The van der Waals surface area contributed by atoms with Crippen molar-refractivity contribution in [2.45, 2.75) is 0 Å². The molecule has 0 fully saturated rings. The third-order valence-electron chi connectivity index (χ3n) is 11.7. The van der Waals surface area contributed by atoms with E-state index in [0.717, 1.165) is 66.8 Å². The van der Waals surface area contributed by atoms with Gasteiger partial charge in [0.15, 0.2) is 11.4 Å². The molecule has 0 bridgehead atoms. The fourth-order valence-corrected chi connectivity index (χ4v) is 8.96. The van der Waals surface area contributed by atoms with E-state index in [1.165, 1.54) is 43.7 Å². The number of nitrogens with zero attached hydrogens (tertiary/aromatic N) is 4. The van der Waals surface area contributed by atoms with Crippen LogP contribution in [0.5, 0.6) is 0 Å². The highest BCUT2D eigenvalue weighted by atomic mass is 16.3. The van der Waals surface area contributed by atoms with Gasteiger partial charge in [0, 0.05) is 50.1 Å². The molecule has 0 N–H and O–H groups in total. The smallest absolute Gasteiger partial charge is 0.161 e. The average molecular weight is 767 g/mol. The molecule has 0 radical (unpaired) electrons. The first-order valence-corrected chi connectivity index (χ1v) is 20.2. The molecule has 4 aromatic heterocycles. The highest BCUT2D eigenvalue weighted by Gasteiger charge is 2.20. The SMILES string of the molecule is c1ccc(-c2ccc3c(c2)c2c4ccccc4ccc2n3-c2ccc(-c3ccccc3-c3cc(-c4ccccc4)nc(-c4cccc5oc6cnccc6c45)n3)cc2)cc1. The summed E-state index contributed by atoms with van der Waals surface area (Å²) in [7, 11) is 0. The quantitative estimate of drug-likeness (QED) is 0.169. The minimum Gasteiger partial charge on any atom is -0.454 e. The minimum atomic E-state index is 0.635. The van der Waals surface area contributed by atoms with Crippen LogP contribution < -0.4 is 0 Å². The van der Waals surface area contributed by atoms with Crippen molar-refractivity contribution in [2.75, 3.05) is 0 Å². The van der Waals surface area contributed by atoms with Gasteiger partial charge in [-0.25, -0.2) is 9.97 Å². The van der Waals surface area contributed by atoms with Crippen LogP contribution in [0.1, 0.15) is 0 Å². The van der Waals surface area contributed by atoms with Gasteiger partial charge in [-0.3, -0.25) is 4.98 Å². The maximum Gasteiger partial charge on any atom is 0.161 e. The Morgan fingerprint density at radius 3 is 1.95 bits per heavy atom. The molecule has 0 spiro atoms. The van der Waals surface area contributed by atoms with E-state index in [4.69, 9.17) is 14.4 Å². The van der Waals surface area contributed by atoms with Gasteiger partial charge in [0.25, 0.3) is 0 Å². The Kier molecular flexibility index (Phi) is 7.78. The lowest BCUT2D eigenvalue weighted by atomic mass is 9.96. The summed E-state index contributed by atoms with van der Waals surface area (Å²) in [6, 6.07) is 68.7. The van der Waals surface area contributed by atoms with E-state index < -0.39 is 0 Å². The van der Waals surface area contributed by atoms with Crippen molar-refractivity contribution in [3.63, 3.8) is 0 Å². The number of aromatic nitrogens is 4. The van der Waals surface area contributed by atoms with Crippen LogP contribution in [0.3, 0.4) is 0 Å². The highest BCUT2D eigenvalue weighted by Crippen LogP contribution is 2.41. The van der Waals surface area contributed by atoms with Gasteiger partial charge in [0.2, 0.25) is 0 Å². The van der Waals surface area contributed by atoms with E-state index in [2.05, 4.69) is 167 Å². The molecule has 8 aromatic carbocycles. The Morgan fingerprint density at radius 2 is 1.10 bits per heavy atom. The monoisotopic (exact) mass is 766 g/mol. The van der Waals surface area contributed by atoms with E-state index >= 15 is 0 Å². The van der Waals surface area contributed by atoms with E-state index in [0.29, 0.717) is 5.82 Å². The Morgan fingerprint density at radius 1 is 0.400 bits per heavy atom. The van der Waals surface area contributed by atoms with Crippen LogP contribution in [0.25, 0.3) is 116 Å². The third kappa shape index (κ3) is 5.52. The maximum absolute atomic E-state index is 6.23. The molecule has 5 nitrogen and oxygen atoms in total. The Labute approximate surface area is 345 Å². The summed E-state index contributed by atoms with van der Waals surface area (Å²) in [6.45, 7) is 0. The highest BCUT2D eigenvalue weighted by molar-refractivity contribution is 6.22. The van der Waals surface area contributed by atoms with E-state index in [-0.39, 0.29) is 0 Å². The predicted octanol–water partition coefficient (Wildman–Crippen LogP) is 14.4. The first-order valence-electron chi connectivity index (χ1n) is 20.2. The standard InChI is InChI=1S/C55H34N4O/c1-3-12-35(13-4-1)39-25-28-49-46(32-39)53-42-18-8-7-14-36(42)24-29-50(53)59(49)40-26-22-37(23-27-40)41-17-9-10-19-43(41)48-33-47(38-15-5-2-6-16-38)57-55(58-48)45-20-11-21-51-54(45)44-30-31-56-34-52(44)60-51/h1-34H. The second-order valence-electron chi connectivity index (χ2n) is 15.2. The van der Waals surface area contributed by atoms with Gasteiger partial charge >= 0.3 is 0 Å². The predicted molar refractivity (Wildman–Crippen MR) is 246 cm³/mol. The van der Waals surface area contributed by atoms with Crippen molar-refractivity contribution < 1.29 is 4.42 Å². The van der Waals surface area contributed by atoms with Crippen LogP contribution in [-0.2, 0) is 0 Å². The number of fused-ring (bicyclic) bond motifs is 8. The number of rotatable bonds is 6. The largest absolute Gasteiger partial charge is 0.454 e. The van der Waals surface area contributed by atoms with Crippen molar-refractivity contribution in [1.29, 1.82) is 0 Å². The molecular weight excluding hydrogens is 733 g/mol. The molecule has 0 atom stereocenters. The van der Waals surface area contributed by atoms with Gasteiger partial charge in [-0.05, 0) is 81.6 Å². The van der Waals surface area contributed by atoms with Crippen LogP contribution in [0.4, 0.5) is 0 Å². The summed E-state index contributed by atoms with van der Waals surface area (Å²) < 4.78 is 8.63. The van der Waals surface area contributed by atoms with Gasteiger partial charge in [-0.15, -0.1) is 0 Å². The molecule has 5 heteroatoms. The Bertz CT molecular complexity index is 3590. The number of furan rings is 1. The average Bonchev–Trinajstić information content (AvgIpc) is 3.88. The molecule has 0 amide bonds. The van der Waals surface area contributed by atoms with Gasteiger partial charge in [-0.1, -0.05) is 146 Å². The molecule has 4 heterocycles. The molecule has 0 aliphatic carbocycles. The Hall–Kier alpha value is -8.15. The van der Waals surface area contributed by atoms with Crippen LogP contribution in [0.2, 0.25) is 0 Å². The maximum atomic E-state index is 6.23. The Balaban J connectivity index is 1.01. The normalized spacial score (nSPS) is 11.7. The van der Waals surface area contributed by atoms with Crippen LogP contribution in [-0.4, -0.2) is 19.5 Å². The molecule has 0 saturated heterocycles. The van der Waals surface area contributed by atoms with Crippen LogP contribution in [0.15, 0.2) is 211 Å². The van der Waals surface area contributed by atoms with Gasteiger partial charge in [-0.2, -0.15) is 0 Å². The van der Waals surface area contributed by atoms with Crippen molar-refractivity contribution >= 4 is 54.5 Å². The second kappa shape index (κ2) is 13.8. The van der Waals surface area contributed by atoms with Gasteiger partial charge < -0.3 is 8.98 Å². The molecule has 60 heavy (non-hydrogen) atoms. The van der Waals surface area contributed by atoms with Crippen molar-refractivity contribution in [3.8, 4) is 61.8 Å². The third-order valence-corrected chi connectivity index (χ3v) is 11.7. The van der Waals surface area contributed by atoms with Gasteiger partial charge in [0.1, 0.15) is 5.58 Å². The molecule has 0 aliphatic heterocycles. The summed E-state index contributed by atoms with van der Waals surface area (Å²) in [4.78, 5) is 14.8. The summed E-state index contributed by atoms with van der Waals surface area (Å²) in [5.74, 6) is 0.635. The number of hydrogen-bond donors (Lipinski definition) is 0. The molecule has 12 rings (SSSR count). The second-order valence-corrected chi connectivity index (χ2v) is 15.2. The summed E-state index contributed by atoms with van der Waals surface area (Å²) in [5.41, 5.74) is 14.2. The van der Waals surface area contributed by atoms with E-state index in [1.54, 1.807) is 12.4 Å². The molecule has 0 unspecified atom stereocenters. The first kappa shape index (κ1) is 33.9. The van der Waals surface area contributed by atoms with Crippen molar-refractivity contribution in [1.82, 2.24) is 19.5 Å². The van der Waals surface area contributed by atoms with Crippen LogP contribution in [0, 0.1) is 0 Å². The van der Waals surface area contributed by atoms with Crippen molar-refractivity contribution in [2.24, 2.45) is 0 Å². The summed E-state index contributed by atoms with van der Waals surface area (Å²) in [5, 5.41) is 6.95. The fourth-order valence-electron chi connectivity index (χ4n) is 8.96. The lowest BCUT2D eigenvalue weighted by Crippen LogP contribution is -1.98.